The molecule has 0 radical (unpaired) electrons. The molecule has 9 heteroatoms. The molecule has 0 aliphatic carbocycles. The van der Waals surface area contributed by atoms with Crippen LogP contribution in [0.2, 0.25) is 0 Å². The van der Waals surface area contributed by atoms with Gasteiger partial charge in [0.05, 0.1) is 18.6 Å². The van der Waals surface area contributed by atoms with E-state index in [-0.39, 0.29) is 11.4 Å². The van der Waals surface area contributed by atoms with E-state index in [0.29, 0.717) is 5.75 Å². The molecule has 0 aromatic heterocycles. The highest BCUT2D eigenvalue weighted by molar-refractivity contribution is 14.1. The van der Waals surface area contributed by atoms with Crippen molar-refractivity contribution in [1.82, 2.24) is 10.0 Å². The Kier molecular flexibility index (Phi) is 7.38. The number of sulfonamides is 1. The van der Waals surface area contributed by atoms with Gasteiger partial charge < -0.3 is 15.2 Å². The number of halogens is 1. The molecule has 140 valence electrons. The van der Waals surface area contributed by atoms with Gasteiger partial charge in [0.1, 0.15) is 11.8 Å². The lowest BCUT2D eigenvalue weighted by molar-refractivity contribution is -0.123. The molecular weight excluding hydrogens is 471 g/mol. The van der Waals surface area contributed by atoms with E-state index < -0.39 is 28.6 Å². The van der Waals surface area contributed by atoms with Crippen LogP contribution in [0.5, 0.6) is 5.75 Å². The lowest BCUT2D eigenvalue weighted by Crippen LogP contribution is -2.48. The summed E-state index contributed by atoms with van der Waals surface area (Å²) in [6.45, 7) is -0.427. The van der Waals surface area contributed by atoms with Crippen LogP contribution in [0.25, 0.3) is 0 Å². The predicted octanol–water partition coefficient (Wildman–Crippen LogP) is 1.26. The summed E-state index contributed by atoms with van der Waals surface area (Å²) in [5.41, 5.74) is 0.875. The van der Waals surface area contributed by atoms with Crippen LogP contribution in [0.3, 0.4) is 0 Å². The van der Waals surface area contributed by atoms with E-state index in [2.05, 4.69) is 32.6 Å². The van der Waals surface area contributed by atoms with Crippen LogP contribution < -0.4 is 14.8 Å². The maximum atomic E-state index is 12.4. The van der Waals surface area contributed by atoms with Crippen LogP contribution >= 0.6 is 22.6 Å². The van der Waals surface area contributed by atoms with Crippen LogP contribution in [0.1, 0.15) is 5.56 Å². The second kappa shape index (κ2) is 9.31. The highest BCUT2D eigenvalue weighted by Crippen LogP contribution is 2.15. The first-order valence-corrected chi connectivity index (χ1v) is 10.2. The number of ether oxygens (including phenoxy) is 1. The Morgan fingerprint density at radius 3 is 2.50 bits per heavy atom. The van der Waals surface area contributed by atoms with Gasteiger partial charge in [-0.3, -0.25) is 4.79 Å². The number of hydrogen-bond acceptors (Lipinski definition) is 5. The molecule has 0 saturated carbocycles. The molecule has 0 saturated heterocycles. The molecule has 26 heavy (non-hydrogen) atoms. The van der Waals surface area contributed by atoms with E-state index in [0.717, 1.165) is 9.13 Å². The third-order valence-electron chi connectivity index (χ3n) is 3.52. The van der Waals surface area contributed by atoms with Crippen molar-refractivity contribution < 1.29 is 23.1 Å². The van der Waals surface area contributed by atoms with Gasteiger partial charge in [0, 0.05) is 10.1 Å². The lowest BCUT2D eigenvalue weighted by atomic mass is 10.2. The third kappa shape index (κ3) is 5.66. The van der Waals surface area contributed by atoms with Gasteiger partial charge in [-0.05, 0) is 64.6 Å². The van der Waals surface area contributed by atoms with E-state index in [4.69, 9.17) is 4.74 Å². The largest absolute Gasteiger partial charge is 0.497 e. The number of hydrogen-bond donors (Lipinski definition) is 3. The summed E-state index contributed by atoms with van der Waals surface area (Å²) >= 11 is 2.16. The summed E-state index contributed by atoms with van der Waals surface area (Å²) in [4.78, 5) is 12.2. The normalized spacial score (nSPS) is 12.4. The van der Waals surface area contributed by atoms with E-state index in [9.17, 15) is 18.3 Å². The van der Waals surface area contributed by atoms with E-state index in [1.165, 1.54) is 31.4 Å². The summed E-state index contributed by atoms with van der Waals surface area (Å²) in [6.07, 6.45) is 0. The van der Waals surface area contributed by atoms with Crippen molar-refractivity contribution in [2.24, 2.45) is 0 Å². The van der Waals surface area contributed by atoms with Crippen molar-refractivity contribution in [2.45, 2.75) is 17.5 Å². The van der Waals surface area contributed by atoms with Crippen molar-refractivity contribution in [3.63, 3.8) is 0 Å². The van der Waals surface area contributed by atoms with Crippen molar-refractivity contribution in [3.05, 3.63) is 57.7 Å². The Morgan fingerprint density at radius 1 is 1.23 bits per heavy atom. The van der Waals surface area contributed by atoms with Crippen LogP contribution in [0, 0.1) is 3.57 Å². The average Bonchev–Trinajstić information content (AvgIpc) is 2.64. The molecule has 7 nitrogen and oxygen atoms in total. The maximum Gasteiger partial charge on any atom is 0.241 e. The number of aliphatic hydroxyl groups is 1. The molecule has 1 atom stereocenters. The summed E-state index contributed by atoms with van der Waals surface area (Å²) in [5.74, 6) is -0.0960. The highest BCUT2D eigenvalue weighted by Gasteiger charge is 2.25. The Labute approximate surface area is 166 Å². The molecule has 0 heterocycles. The van der Waals surface area contributed by atoms with Gasteiger partial charge in [0.15, 0.2) is 0 Å². The number of nitrogens with one attached hydrogen (secondary N) is 2. The molecule has 0 fully saturated rings. The molecule has 0 aliphatic rings. The minimum absolute atomic E-state index is 0.0258. The summed E-state index contributed by atoms with van der Waals surface area (Å²) in [7, 11) is -2.49. The minimum atomic E-state index is -3.96. The van der Waals surface area contributed by atoms with E-state index >= 15 is 0 Å². The standard InChI is InChI=1S/C17H19IN2O5S/c1-25-14-5-7-15(8-6-14)26(23,24)20-16(11-21)17(22)19-10-12-3-2-4-13(18)9-12/h2-9,16,20-21H,10-11H2,1H3,(H,19,22). The number of benzene rings is 2. The van der Waals surface area contributed by atoms with Crippen LogP contribution in [0.15, 0.2) is 53.4 Å². The van der Waals surface area contributed by atoms with Crippen LogP contribution in [0.4, 0.5) is 0 Å². The fourth-order valence-corrected chi connectivity index (χ4v) is 3.94. The molecule has 2 aromatic rings. The average molecular weight is 490 g/mol. The van der Waals surface area contributed by atoms with Gasteiger partial charge in [0.2, 0.25) is 15.9 Å². The van der Waals surface area contributed by atoms with Crippen molar-refractivity contribution in [3.8, 4) is 5.75 Å². The number of rotatable bonds is 8. The number of aliphatic hydroxyl groups excluding tert-OH is 1. The fraction of sp³-hybridized carbons (Fsp3) is 0.235. The molecular formula is C17H19IN2O5S. The zero-order valence-corrected chi connectivity index (χ0v) is 17.0. The van der Waals surface area contributed by atoms with Crippen molar-refractivity contribution in [1.29, 1.82) is 0 Å². The van der Waals surface area contributed by atoms with Crippen molar-refractivity contribution >= 4 is 38.5 Å². The topological polar surface area (TPSA) is 105 Å². The smallest absolute Gasteiger partial charge is 0.241 e. The molecule has 2 rings (SSSR count). The summed E-state index contributed by atoms with van der Waals surface area (Å²) in [6, 6.07) is 12.0. The molecule has 2 aromatic carbocycles. The Hall–Kier alpha value is -1.69. The molecule has 0 bridgehead atoms. The number of methoxy groups -OCH3 is 1. The monoisotopic (exact) mass is 490 g/mol. The lowest BCUT2D eigenvalue weighted by Gasteiger charge is -2.16. The Morgan fingerprint density at radius 2 is 1.92 bits per heavy atom. The molecule has 1 amide bonds. The van der Waals surface area contributed by atoms with E-state index in [1.54, 1.807) is 0 Å². The Bertz CT molecular complexity index is 856. The predicted molar refractivity (Wildman–Crippen MR) is 105 cm³/mol. The van der Waals surface area contributed by atoms with Gasteiger partial charge in [0.25, 0.3) is 0 Å². The SMILES string of the molecule is COc1ccc(S(=O)(=O)NC(CO)C(=O)NCc2cccc(I)c2)cc1. The molecule has 0 aliphatic heterocycles. The van der Waals surface area contributed by atoms with Gasteiger partial charge in [-0.2, -0.15) is 4.72 Å². The zero-order valence-electron chi connectivity index (χ0n) is 14.0. The van der Waals surface area contributed by atoms with Crippen LogP contribution in [-0.4, -0.2) is 39.2 Å². The second-order valence-electron chi connectivity index (χ2n) is 5.38. The maximum absolute atomic E-state index is 12.4. The third-order valence-corrected chi connectivity index (χ3v) is 5.68. The minimum Gasteiger partial charge on any atom is -0.497 e. The highest BCUT2D eigenvalue weighted by atomic mass is 127. The molecule has 1 unspecified atom stereocenters. The first kappa shape index (κ1) is 20.6. The quantitative estimate of drug-likeness (QED) is 0.484. The van der Waals surface area contributed by atoms with Gasteiger partial charge in [-0.25, -0.2) is 8.42 Å². The van der Waals surface area contributed by atoms with Crippen LogP contribution in [-0.2, 0) is 21.4 Å². The van der Waals surface area contributed by atoms with Gasteiger partial charge in [-0.15, -0.1) is 0 Å². The van der Waals surface area contributed by atoms with E-state index in [1.807, 2.05) is 24.3 Å². The number of carbonyl (C=O) groups is 1. The molecule has 3 N–H and O–H groups in total. The summed E-state index contributed by atoms with van der Waals surface area (Å²) < 4.78 is 33.0. The second-order valence-corrected chi connectivity index (χ2v) is 8.34. The first-order chi connectivity index (χ1) is 12.4. The first-order valence-electron chi connectivity index (χ1n) is 7.65. The van der Waals surface area contributed by atoms with Crippen molar-refractivity contribution in [2.75, 3.05) is 13.7 Å². The van der Waals surface area contributed by atoms with Gasteiger partial charge in [-0.1, -0.05) is 12.1 Å². The Balaban J connectivity index is 2.03. The van der Waals surface area contributed by atoms with Gasteiger partial charge >= 0.3 is 0 Å². The number of carbonyl (C=O) groups excluding carboxylic acids is 1. The summed E-state index contributed by atoms with van der Waals surface area (Å²) in [5, 5.41) is 12.0. The fourth-order valence-electron chi connectivity index (χ4n) is 2.14. The zero-order chi connectivity index (χ0) is 19.2. The number of amides is 1. The molecule has 0 spiro atoms.